The number of carbonyl (C=O) groups excluding carboxylic acids is 4. The molecule has 558 valence electrons. The van der Waals surface area contributed by atoms with Gasteiger partial charge in [0.25, 0.3) is 0 Å². The number of ether oxygens (including phenoxy) is 4. The molecule has 0 heterocycles. The predicted octanol–water partition coefficient (Wildman–Crippen LogP) is 21.8. The molecule has 0 fully saturated rings. The number of aliphatic hydroxyl groups is 1. The summed E-state index contributed by atoms with van der Waals surface area (Å²) in [5.74, 6) is 0.0926. The maximum Gasteiger partial charge on any atom is 0.472 e. The second-order valence-corrected chi connectivity index (χ2v) is 31.4. The molecule has 0 spiro atoms. The van der Waals surface area contributed by atoms with Crippen LogP contribution in [0.1, 0.15) is 382 Å². The lowest BCUT2D eigenvalue weighted by molar-refractivity contribution is -0.161. The van der Waals surface area contributed by atoms with Crippen molar-refractivity contribution in [1.29, 1.82) is 0 Å². The van der Waals surface area contributed by atoms with Gasteiger partial charge in [0.1, 0.15) is 19.3 Å². The van der Waals surface area contributed by atoms with Crippen LogP contribution < -0.4 is 0 Å². The fraction of sp³-hybridized carbons (Fsp3) is 0.947. The van der Waals surface area contributed by atoms with Gasteiger partial charge in [-0.25, -0.2) is 9.13 Å². The number of carbonyl (C=O) groups is 4. The van der Waals surface area contributed by atoms with Crippen molar-refractivity contribution in [1.82, 2.24) is 0 Å². The normalized spacial score (nSPS) is 14.1. The highest BCUT2D eigenvalue weighted by molar-refractivity contribution is 7.47. The van der Waals surface area contributed by atoms with E-state index in [0.29, 0.717) is 31.6 Å². The Morgan fingerprint density at radius 2 is 0.489 bits per heavy atom. The van der Waals surface area contributed by atoms with E-state index in [2.05, 4.69) is 48.5 Å². The summed E-state index contributed by atoms with van der Waals surface area (Å²) in [4.78, 5) is 72.7. The van der Waals surface area contributed by atoms with Crippen LogP contribution in [0.2, 0.25) is 0 Å². The molecule has 0 saturated carbocycles. The minimum Gasteiger partial charge on any atom is -0.462 e. The molecule has 0 radical (unpaired) electrons. The molecule has 0 aliphatic heterocycles. The van der Waals surface area contributed by atoms with E-state index in [9.17, 15) is 43.2 Å². The third-order valence-corrected chi connectivity index (χ3v) is 19.3. The number of hydrogen-bond donors (Lipinski definition) is 3. The van der Waals surface area contributed by atoms with Gasteiger partial charge in [0.15, 0.2) is 12.2 Å². The molecule has 3 N–H and O–H groups in total. The van der Waals surface area contributed by atoms with E-state index in [0.717, 1.165) is 108 Å². The fourth-order valence-corrected chi connectivity index (χ4v) is 13.0. The number of phosphoric ester groups is 2. The van der Waals surface area contributed by atoms with Crippen molar-refractivity contribution in [2.24, 2.45) is 17.8 Å². The van der Waals surface area contributed by atoms with Crippen molar-refractivity contribution < 1.29 is 80.2 Å². The maximum absolute atomic E-state index is 13.1. The zero-order valence-electron chi connectivity index (χ0n) is 61.4. The molecule has 0 saturated heterocycles. The quantitative estimate of drug-likeness (QED) is 0.0222. The largest absolute Gasteiger partial charge is 0.472 e. The van der Waals surface area contributed by atoms with Crippen molar-refractivity contribution in [3.63, 3.8) is 0 Å². The van der Waals surface area contributed by atoms with Crippen molar-refractivity contribution in [3.05, 3.63) is 0 Å². The number of hydrogen-bond acceptors (Lipinski definition) is 15. The second kappa shape index (κ2) is 65.7. The van der Waals surface area contributed by atoms with Crippen LogP contribution in [0.25, 0.3) is 0 Å². The number of unbranched alkanes of at least 4 members (excludes halogenated alkanes) is 41. The molecular formula is C75H146O17P2. The summed E-state index contributed by atoms with van der Waals surface area (Å²) in [6.45, 7) is 11.8. The Bertz CT molecular complexity index is 1840. The predicted molar refractivity (Wildman–Crippen MR) is 381 cm³/mol. The highest BCUT2D eigenvalue weighted by Gasteiger charge is 2.30. The van der Waals surface area contributed by atoms with Gasteiger partial charge in [-0.2, -0.15) is 0 Å². The third-order valence-electron chi connectivity index (χ3n) is 17.4. The topological polar surface area (TPSA) is 237 Å². The first-order chi connectivity index (χ1) is 45.2. The van der Waals surface area contributed by atoms with Crippen LogP contribution >= 0.6 is 15.6 Å². The van der Waals surface area contributed by atoms with Gasteiger partial charge in [0.2, 0.25) is 0 Å². The molecule has 0 bridgehead atoms. The smallest absolute Gasteiger partial charge is 0.462 e. The van der Waals surface area contributed by atoms with E-state index in [1.54, 1.807) is 0 Å². The third kappa shape index (κ3) is 68.6. The molecule has 5 atom stereocenters. The Morgan fingerprint density at radius 3 is 0.723 bits per heavy atom. The maximum atomic E-state index is 13.1. The highest BCUT2D eigenvalue weighted by Crippen LogP contribution is 2.45. The zero-order chi connectivity index (χ0) is 69.4. The van der Waals surface area contributed by atoms with Gasteiger partial charge in [-0.05, 0) is 43.4 Å². The van der Waals surface area contributed by atoms with Gasteiger partial charge in [0, 0.05) is 25.7 Å². The molecule has 2 unspecified atom stereocenters. The number of esters is 4. The van der Waals surface area contributed by atoms with Gasteiger partial charge in [-0.15, -0.1) is 0 Å². The minimum absolute atomic E-state index is 0.105. The van der Waals surface area contributed by atoms with Crippen LogP contribution in [-0.2, 0) is 65.4 Å². The monoisotopic (exact) mass is 1380 g/mol. The van der Waals surface area contributed by atoms with Crippen LogP contribution in [0.4, 0.5) is 0 Å². The van der Waals surface area contributed by atoms with Crippen LogP contribution in [0.15, 0.2) is 0 Å². The van der Waals surface area contributed by atoms with Crippen molar-refractivity contribution in [3.8, 4) is 0 Å². The summed E-state index contributed by atoms with van der Waals surface area (Å²) in [6.07, 6.45) is 51.5. The average molecular weight is 1380 g/mol. The number of rotatable bonds is 73. The standard InChI is InChI=1S/C75H146O17P2/c1-8-9-10-11-12-13-14-15-16-17-18-19-24-30-35-44-51-58-74(79)91-70(62-85-72(77)56-49-42-34-29-23-21-20-22-27-32-39-46-53-66(2)3)64-89-93(81,82)87-60-69(76)61-88-94(83,84)90-65-71(63-86-73(78)57-50-43-38-37-41-48-55-68(6)7)92-75(80)59-52-45-36-31-26-25-28-33-40-47-54-67(4)5/h66-71,76H,8-65H2,1-7H3,(H,81,82)(H,83,84)/t69-,70-,71-/m1/s1. The van der Waals surface area contributed by atoms with E-state index < -0.39 is 97.5 Å². The van der Waals surface area contributed by atoms with Crippen LogP contribution in [-0.4, -0.2) is 96.7 Å². The second-order valence-electron chi connectivity index (χ2n) is 28.5. The van der Waals surface area contributed by atoms with Gasteiger partial charge < -0.3 is 33.8 Å². The van der Waals surface area contributed by atoms with E-state index in [1.807, 2.05) is 0 Å². The van der Waals surface area contributed by atoms with Gasteiger partial charge in [-0.3, -0.25) is 37.3 Å². The first kappa shape index (κ1) is 92.1. The van der Waals surface area contributed by atoms with E-state index in [4.69, 9.17) is 37.0 Å². The molecule has 0 aromatic heterocycles. The van der Waals surface area contributed by atoms with E-state index >= 15 is 0 Å². The Morgan fingerprint density at radius 1 is 0.287 bits per heavy atom. The Kier molecular flexibility index (Phi) is 64.3. The molecule has 0 rings (SSSR count). The fourth-order valence-electron chi connectivity index (χ4n) is 11.4. The van der Waals surface area contributed by atoms with Crippen molar-refractivity contribution in [2.75, 3.05) is 39.6 Å². The first-order valence-corrected chi connectivity index (χ1v) is 41.8. The molecule has 0 aromatic rings. The first-order valence-electron chi connectivity index (χ1n) is 38.8. The SMILES string of the molecule is CCCCCCCCCCCCCCCCCCCC(=O)O[C@H](COC(=O)CCCCCCCCCCCCCCC(C)C)COP(=O)(O)OC[C@@H](O)COP(=O)(O)OC[C@@H](COC(=O)CCCCCCCCC(C)C)OC(=O)CCCCCCCCCCCCC(C)C. The molecular weight excluding hydrogens is 1230 g/mol. The van der Waals surface area contributed by atoms with Crippen LogP contribution in [0.3, 0.4) is 0 Å². The zero-order valence-corrected chi connectivity index (χ0v) is 63.2. The van der Waals surface area contributed by atoms with Crippen molar-refractivity contribution >= 4 is 39.5 Å². The molecule has 17 nitrogen and oxygen atoms in total. The molecule has 94 heavy (non-hydrogen) atoms. The molecule has 0 aliphatic rings. The minimum atomic E-state index is -4.96. The lowest BCUT2D eigenvalue weighted by atomic mass is 10.0. The van der Waals surface area contributed by atoms with E-state index in [-0.39, 0.29) is 25.7 Å². The lowest BCUT2D eigenvalue weighted by Crippen LogP contribution is -2.30. The summed E-state index contributed by atoms with van der Waals surface area (Å²) in [5, 5.41) is 10.6. The molecule has 0 aromatic carbocycles. The summed E-state index contributed by atoms with van der Waals surface area (Å²) in [7, 11) is -9.91. The number of phosphoric acid groups is 2. The summed E-state index contributed by atoms with van der Waals surface area (Å²) >= 11 is 0. The Hall–Kier alpha value is -1.94. The molecule has 0 aliphatic carbocycles. The molecule has 0 amide bonds. The van der Waals surface area contributed by atoms with Gasteiger partial charge >= 0.3 is 39.5 Å². The van der Waals surface area contributed by atoms with Crippen molar-refractivity contribution in [2.45, 2.75) is 401 Å². The van der Waals surface area contributed by atoms with Gasteiger partial charge in [0.05, 0.1) is 26.4 Å². The summed E-state index contributed by atoms with van der Waals surface area (Å²) in [5.41, 5.74) is 0. The highest BCUT2D eigenvalue weighted by atomic mass is 31.2. The Balaban J connectivity index is 5.24. The van der Waals surface area contributed by atoms with Gasteiger partial charge in [-0.1, -0.05) is 331 Å². The average Bonchev–Trinajstić information content (AvgIpc) is 1.59. The van der Waals surface area contributed by atoms with Crippen LogP contribution in [0.5, 0.6) is 0 Å². The lowest BCUT2D eigenvalue weighted by Gasteiger charge is -2.21. The molecule has 19 heteroatoms. The van der Waals surface area contributed by atoms with E-state index in [1.165, 1.54) is 186 Å². The Labute approximate surface area is 575 Å². The van der Waals surface area contributed by atoms with Crippen LogP contribution in [0, 0.1) is 17.8 Å². The summed E-state index contributed by atoms with van der Waals surface area (Å²) in [6, 6.07) is 0. The number of aliphatic hydroxyl groups excluding tert-OH is 1. The summed E-state index contributed by atoms with van der Waals surface area (Å²) < 4.78 is 68.5.